The Labute approximate surface area is 110 Å². The van der Waals surface area contributed by atoms with Gasteiger partial charge >= 0.3 is 0 Å². The molecule has 0 saturated heterocycles. The van der Waals surface area contributed by atoms with Crippen molar-refractivity contribution in [2.24, 2.45) is 0 Å². The molecule has 1 aliphatic rings. The Hall–Kier alpha value is -1.53. The molecule has 6 heteroatoms. The Morgan fingerprint density at radius 2 is 2.05 bits per heavy atom. The first kappa shape index (κ1) is 13.9. The molecule has 1 aliphatic carbocycles. The summed E-state index contributed by atoms with van der Waals surface area (Å²) in [5, 5.41) is 23.3. The second-order valence-electron chi connectivity index (χ2n) is 5.07. The molecule has 1 aromatic rings. The number of rotatable bonds is 5. The number of aliphatic hydroxyl groups excluding tert-OH is 1. The Morgan fingerprint density at radius 3 is 2.63 bits per heavy atom. The number of nitro benzene ring substituents is 1. The van der Waals surface area contributed by atoms with Gasteiger partial charge < -0.3 is 10.4 Å². The van der Waals surface area contributed by atoms with Crippen LogP contribution in [0.5, 0.6) is 0 Å². The summed E-state index contributed by atoms with van der Waals surface area (Å²) in [6.07, 6.45) is 3.86. The molecule has 0 heterocycles. The maximum absolute atomic E-state index is 13.3. The molecule has 2 rings (SSSR count). The van der Waals surface area contributed by atoms with Crippen LogP contribution in [-0.4, -0.2) is 22.2 Å². The van der Waals surface area contributed by atoms with Crippen LogP contribution in [0, 0.1) is 15.9 Å². The maximum atomic E-state index is 13.3. The minimum Gasteiger partial charge on any atom is -0.394 e. The highest BCUT2D eigenvalue weighted by Crippen LogP contribution is 2.29. The van der Waals surface area contributed by atoms with E-state index in [0.29, 0.717) is 12.1 Å². The third-order valence-corrected chi connectivity index (χ3v) is 3.68. The van der Waals surface area contributed by atoms with Crippen LogP contribution >= 0.6 is 0 Å². The molecule has 2 N–H and O–H groups in total. The van der Waals surface area contributed by atoms with E-state index in [0.717, 1.165) is 31.7 Å². The second-order valence-corrected chi connectivity index (χ2v) is 5.07. The maximum Gasteiger partial charge on any atom is 0.272 e. The van der Waals surface area contributed by atoms with E-state index < -0.39 is 10.7 Å². The van der Waals surface area contributed by atoms with Crippen molar-refractivity contribution >= 4 is 5.69 Å². The van der Waals surface area contributed by atoms with Crippen LogP contribution in [0.2, 0.25) is 0 Å². The first-order valence-corrected chi connectivity index (χ1v) is 6.34. The van der Waals surface area contributed by atoms with Crippen LogP contribution < -0.4 is 5.32 Å². The zero-order valence-corrected chi connectivity index (χ0v) is 10.6. The van der Waals surface area contributed by atoms with Crippen LogP contribution in [0.3, 0.4) is 0 Å². The highest BCUT2D eigenvalue weighted by Gasteiger charge is 2.32. The van der Waals surface area contributed by atoms with Gasteiger partial charge in [-0.1, -0.05) is 12.8 Å². The van der Waals surface area contributed by atoms with Crippen molar-refractivity contribution in [3.05, 3.63) is 39.7 Å². The van der Waals surface area contributed by atoms with Gasteiger partial charge in [0.05, 0.1) is 17.6 Å². The summed E-state index contributed by atoms with van der Waals surface area (Å²) in [7, 11) is 0. The fourth-order valence-corrected chi connectivity index (χ4v) is 2.57. The van der Waals surface area contributed by atoms with Gasteiger partial charge in [0.15, 0.2) is 0 Å². The first-order valence-electron chi connectivity index (χ1n) is 6.34. The van der Waals surface area contributed by atoms with E-state index >= 15 is 0 Å². The molecule has 19 heavy (non-hydrogen) atoms. The van der Waals surface area contributed by atoms with Gasteiger partial charge in [-0.15, -0.1) is 0 Å². The zero-order valence-electron chi connectivity index (χ0n) is 10.6. The topological polar surface area (TPSA) is 75.4 Å². The highest BCUT2D eigenvalue weighted by molar-refractivity contribution is 5.35. The summed E-state index contributed by atoms with van der Waals surface area (Å²) >= 11 is 0. The number of halogens is 1. The third-order valence-electron chi connectivity index (χ3n) is 3.68. The first-order chi connectivity index (χ1) is 9.04. The Morgan fingerprint density at radius 1 is 1.37 bits per heavy atom. The molecule has 104 valence electrons. The van der Waals surface area contributed by atoms with Gasteiger partial charge in [0.1, 0.15) is 5.82 Å². The number of hydrogen-bond acceptors (Lipinski definition) is 4. The molecule has 1 aromatic carbocycles. The second kappa shape index (κ2) is 5.63. The Balaban J connectivity index is 2.08. The van der Waals surface area contributed by atoms with Crippen molar-refractivity contribution in [1.29, 1.82) is 0 Å². The quantitative estimate of drug-likeness (QED) is 0.633. The van der Waals surface area contributed by atoms with Gasteiger partial charge in [-0.3, -0.25) is 10.1 Å². The van der Waals surface area contributed by atoms with Crippen molar-refractivity contribution in [2.75, 3.05) is 6.61 Å². The van der Waals surface area contributed by atoms with Crippen LogP contribution in [-0.2, 0) is 6.54 Å². The largest absolute Gasteiger partial charge is 0.394 e. The van der Waals surface area contributed by atoms with Crippen molar-refractivity contribution in [1.82, 2.24) is 5.32 Å². The lowest BCUT2D eigenvalue weighted by Gasteiger charge is -2.28. The van der Waals surface area contributed by atoms with Crippen molar-refractivity contribution in [3.8, 4) is 0 Å². The molecular formula is C13H17FN2O3. The average molecular weight is 268 g/mol. The molecule has 0 spiro atoms. The predicted octanol–water partition coefficient (Wildman–Crippen LogP) is 2.13. The standard InChI is InChI=1S/C13H17FN2O3/c14-11-5-10(6-12(7-11)16(18)19)8-15-13(9-17)3-1-2-4-13/h5-7,15,17H,1-4,8-9H2. The number of hydrogen-bond donors (Lipinski definition) is 2. The lowest BCUT2D eigenvalue weighted by Crippen LogP contribution is -2.45. The lowest BCUT2D eigenvalue weighted by atomic mass is 9.98. The number of aliphatic hydroxyl groups is 1. The number of nitrogens with zero attached hydrogens (tertiary/aromatic N) is 1. The van der Waals surface area contributed by atoms with E-state index in [1.165, 1.54) is 12.1 Å². The van der Waals surface area contributed by atoms with Crippen LogP contribution in [0.15, 0.2) is 18.2 Å². The smallest absolute Gasteiger partial charge is 0.272 e. The molecule has 1 saturated carbocycles. The third kappa shape index (κ3) is 3.27. The Bertz CT molecular complexity index is 473. The van der Waals surface area contributed by atoms with Crippen LogP contribution in [0.25, 0.3) is 0 Å². The van der Waals surface area contributed by atoms with Gasteiger partial charge in [-0.2, -0.15) is 0 Å². The Kier molecular flexibility index (Phi) is 4.11. The van der Waals surface area contributed by atoms with Gasteiger partial charge in [0.25, 0.3) is 5.69 Å². The summed E-state index contributed by atoms with van der Waals surface area (Å²) in [5.41, 5.74) is -0.0473. The molecule has 0 aliphatic heterocycles. The van der Waals surface area contributed by atoms with Crippen molar-refractivity contribution in [2.45, 2.75) is 37.8 Å². The predicted molar refractivity (Wildman–Crippen MR) is 68.2 cm³/mol. The molecule has 0 amide bonds. The molecule has 0 atom stereocenters. The van der Waals surface area contributed by atoms with Crippen molar-refractivity contribution in [3.63, 3.8) is 0 Å². The summed E-state index contributed by atoms with van der Waals surface area (Å²) < 4.78 is 13.3. The van der Waals surface area contributed by atoms with E-state index in [1.54, 1.807) is 0 Å². The minimum atomic E-state index is -0.615. The van der Waals surface area contributed by atoms with E-state index in [1.807, 2.05) is 0 Å². The van der Waals surface area contributed by atoms with E-state index in [9.17, 15) is 19.6 Å². The SMILES string of the molecule is O=[N+]([O-])c1cc(F)cc(CNC2(CO)CCCC2)c1. The van der Waals surface area contributed by atoms with E-state index in [-0.39, 0.29) is 17.8 Å². The molecule has 0 unspecified atom stereocenters. The van der Waals surface area contributed by atoms with E-state index in [2.05, 4.69) is 5.32 Å². The number of nitrogens with one attached hydrogen (secondary N) is 1. The number of benzene rings is 1. The summed E-state index contributed by atoms with van der Waals surface area (Å²) in [6.45, 7) is 0.351. The zero-order chi connectivity index (χ0) is 13.9. The lowest BCUT2D eigenvalue weighted by molar-refractivity contribution is -0.385. The number of non-ortho nitro benzene ring substituents is 1. The van der Waals surface area contributed by atoms with Crippen LogP contribution in [0.1, 0.15) is 31.2 Å². The van der Waals surface area contributed by atoms with Crippen LogP contribution in [0.4, 0.5) is 10.1 Å². The minimum absolute atomic E-state index is 0.0322. The summed E-state index contributed by atoms with van der Waals surface area (Å²) in [6, 6.07) is 3.54. The number of nitro groups is 1. The van der Waals surface area contributed by atoms with Gasteiger partial charge in [-0.25, -0.2) is 4.39 Å². The van der Waals surface area contributed by atoms with Gasteiger partial charge in [0.2, 0.25) is 0 Å². The molecule has 5 nitrogen and oxygen atoms in total. The average Bonchev–Trinajstić information content (AvgIpc) is 2.85. The fourth-order valence-electron chi connectivity index (χ4n) is 2.57. The summed E-state index contributed by atoms with van der Waals surface area (Å²) in [5.74, 6) is -0.615. The molecule has 0 aromatic heterocycles. The molecule has 0 bridgehead atoms. The fraction of sp³-hybridized carbons (Fsp3) is 0.538. The highest BCUT2D eigenvalue weighted by atomic mass is 19.1. The molecular weight excluding hydrogens is 251 g/mol. The van der Waals surface area contributed by atoms with Gasteiger partial charge in [-0.05, 0) is 24.5 Å². The monoisotopic (exact) mass is 268 g/mol. The van der Waals surface area contributed by atoms with Gasteiger partial charge in [0, 0.05) is 18.2 Å². The van der Waals surface area contributed by atoms with E-state index in [4.69, 9.17) is 0 Å². The summed E-state index contributed by atoms with van der Waals surface area (Å²) in [4.78, 5) is 10.1. The molecule has 1 fully saturated rings. The normalized spacial score (nSPS) is 17.6. The molecule has 0 radical (unpaired) electrons. The van der Waals surface area contributed by atoms with Crippen molar-refractivity contribution < 1.29 is 14.4 Å².